The van der Waals surface area contributed by atoms with Crippen molar-refractivity contribution in [1.29, 1.82) is 0 Å². The average Bonchev–Trinajstić information content (AvgIpc) is 2.18. The molecule has 0 aliphatic carbocycles. The van der Waals surface area contributed by atoms with Crippen LogP contribution in [0, 0.1) is 0 Å². The van der Waals surface area contributed by atoms with Gasteiger partial charge in [0.2, 0.25) is 0 Å². The summed E-state index contributed by atoms with van der Waals surface area (Å²) < 4.78 is 11.0. The molecule has 0 spiro atoms. The van der Waals surface area contributed by atoms with Crippen molar-refractivity contribution >= 4 is 11.6 Å². The highest BCUT2D eigenvalue weighted by atomic mass is 35.5. The largest absolute Gasteiger partial charge is 0.495 e. The summed E-state index contributed by atoms with van der Waals surface area (Å²) >= 11 is 5.92. The van der Waals surface area contributed by atoms with Crippen LogP contribution in [-0.2, 0) is 0 Å². The highest BCUT2D eigenvalue weighted by Gasteiger charge is 2.33. The van der Waals surface area contributed by atoms with Crippen molar-refractivity contribution < 1.29 is 9.47 Å². The molecule has 82 valence electrons. The zero-order valence-corrected chi connectivity index (χ0v) is 9.60. The van der Waals surface area contributed by atoms with Gasteiger partial charge in [-0.2, -0.15) is 0 Å². The van der Waals surface area contributed by atoms with E-state index >= 15 is 0 Å². The Bertz CT molecular complexity index is 364. The Labute approximate surface area is 94.3 Å². The molecule has 1 heterocycles. The minimum Gasteiger partial charge on any atom is -0.495 e. The van der Waals surface area contributed by atoms with Crippen LogP contribution >= 0.6 is 11.6 Å². The molecule has 0 amide bonds. The fourth-order valence-electron chi connectivity index (χ4n) is 1.54. The lowest BCUT2D eigenvalue weighted by molar-refractivity contribution is 0.0347. The number of methoxy groups -OCH3 is 1. The molecule has 0 bridgehead atoms. The maximum atomic E-state index is 5.92. The first-order valence-electron chi connectivity index (χ1n) is 4.86. The second kappa shape index (κ2) is 3.91. The van der Waals surface area contributed by atoms with Crippen molar-refractivity contribution in [2.45, 2.75) is 12.5 Å². The maximum absolute atomic E-state index is 5.92. The van der Waals surface area contributed by atoms with E-state index in [2.05, 4.69) is 12.2 Å². The second-order valence-electron chi connectivity index (χ2n) is 3.95. The molecule has 1 aliphatic rings. The standard InChI is InChI=1S/C11H14ClNO2/c1-11(6-13-7-11)15-8-3-4-9(12)10(5-8)14-2/h3-5,13H,6-7H2,1-2H3. The Hall–Kier alpha value is -0.930. The second-order valence-corrected chi connectivity index (χ2v) is 4.36. The summed E-state index contributed by atoms with van der Waals surface area (Å²) in [7, 11) is 1.59. The third kappa shape index (κ3) is 2.19. The third-order valence-corrected chi connectivity index (χ3v) is 2.80. The van der Waals surface area contributed by atoms with E-state index in [9.17, 15) is 0 Å². The van der Waals surface area contributed by atoms with Crippen LogP contribution in [0.2, 0.25) is 5.02 Å². The van der Waals surface area contributed by atoms with Gasteiger partial charge in [0, 0.05) is 19.2 Å². The Morgan fingerprint density at radius 1 is 1.40 bits per heavy atom. The first kappa shape index (κ1) is 10.6. The summed E-state index contributed by atoms with van der Waals surface area (Å²) in [6.07, 6.45) is 0. The Balaban J connectivity index is 2.14. The molecule has 0 radical (unpaired) electrons. The molecule has 1 saturated heterocycles. The topological polar surface area (TPSA) is 30.5 Å². The molecular weight excluding hydrogens is 214 g/mol. The van der Waals surface area contributed by atoms with Gasteiger partial charge in [-0.3, -0.25) is 0 Å². The summed E-state index contributed by atoms with van der Waals surface area (Å²) in [5.41, 5.74) is -0.0984. The van der Waals surface area contributed by atoms with Crippen LogP contribution in [0.25, 0.3) is 0 Å². The zero-order valence-electron chi connectivity index (χ0n) is 8.84. The average molecular weight is 228 g/mol. The summed E-state index contributed by atoms with van der Waals surface area (Å²) in [5, 5.41) is 3.78. The predicted molar refractivity (Wildman–Crippen MR) is 59.9 cm³/mol. The number of hydrogen-bond donors (Lipinski definition) is 1. The smallest absolute Gasteiger partial charge is 0.141 e. The number of nitrogens with one attached hydrogen (secondary N) is 1. The van der Waals surface area contributed by atoms with E-state index < -0.39 is 0 Å². The normalized spacial score (nSPS) is 18.1. The van der Waals surface area contributed by atoms with Gasteiger partial charge in [0.05, 0.1) is 12.1 Å². The highest BCUT2D eigenvalue weighted by molar-refractivity contribution is 6.32. The van der Waals surface area contributed by atoms with Gasteiger partial charge in [-0.1, -0.05) is 11.6 Å². The summed E-state index contributed by atoms with van der Waals surface area (Å²) in [4.78, 5) is 0. The Kier molecular flexibility index (Phi) is 2.76. The van der Waals surface area contributed by atoms with E-state index in [4.69, 9.17) is 21.1 Å². The maximum Gasteiger partial charge on any atom is 0.141 e. The van der Waals surface area contributed by atoms with E-state index in [1.165, 1.54) is 0 Å². The fraction of sp³-hybridized carbons (Fsp3) is 0.455. The van der Waals surface area contributed by atoms with Crippen molar-refractivity contribution in [3.63, 3.8) is 0 Å². The summed E-state index contributed by atoms with van der Waals surface area (Å²) in [5.74, 6) is 1.44. The molecule has 0 saturated carbocycles. The molecule has 15 heavy (non-hydrogen) atoms. The van der Waals surface area contributed by atoms with Gasteiger partial charge in [-0.25, -0.2) is 0 Å². The molecule has 0 unspecified atom stereocenters. The number of rotatable bonds is 3. The lowest BCUT2D eigenvalue weighted by Crippen LogP contribution is -2.60. The molecule has 4 heteroatoms. The van der Waals surface area contributed by atoms with E-state index in [0.717, 1.165) is 18.8 Å². The lowest BCUT2D eigenvalue weighted by atomic mass is 10.00. The van der Waals surface area contributed by atoms with Crippen molar-refractivity contribution in [1.82, 2.24) is 5.32 Å². The minimum atomic E-state index is -0.0984. The third-order valence-electron chi connectivity index (χ3n) is 2.48. The fourth-order valence-corrected chi connectivity index (χ4v) is 1.73. The van der Waals surface area contributed by atoms with E-state index in [1.54, 1.807) is 13.2 Å². The molecule has 3 nitrogen and oxygen atoms in total. The zero-order chi connectivity index (χ0) is 10.9. The van der Waals surface area contributed by atoms with Crippen LogP contribution in [0.15, 0.2) is 18.2 Å². The van der Waals surface area contributed by atoms with Crippen molar-refractivity contribution in [3.8, 4) is 11.5 Å². The summed E-state index contributed by atoms with van der Waals surface area (Å²) in [6, 6.07) is 5.45. The van der Waals surface area contributed by atoms with Crippen molar-refractivity contribution in [2.24, 2.45) is 0 Å². The quantitative estimate of drug-likeness (QED) is 0.858. The number of hydrogen-bond acceptors (Lipinski definition) is 3. The Morgan fingerprint density at radius 2 is 2.13 bits per heavy atom. The molecule has 1 aromatic rings. The summed E-state index contributed by atoms with van der Waals surface area (Å²) in [6.45, 7) is 3.82. The first-order valence-corrected chi connectivity index (χ1v) is 5.24. The van der Waals surface area contributed by atoms with Crippen LogP contribution in [0.4, 0.5) is 0 Å². The van der Waals surface area contributed by atoms with E-state index in [-0.39, 0.29) is 5.60 Å². The van der Waals surface area contributed by atoms with Crippen LogP contribution in [0.5, 0.6) is 11.5 Å². The lowest BCUT2D eigenvalue weighted by Gasteiger charge is -2.39. The Morgan fingerprint density at radius 3 is 2.67 bits per heavy atom. The number of halogens is 1. The van der Waals surface area contributed by atoms with Crippen LogP contribution < -0.4 is 14.8 Å². The molecule has 1 N–H and O–H groups in total. The predicted octanol–water partition coefficient (Wildman–Crippen LogP) is 2.09. The van der Waals surface area contributed by atoms with Gasteiger partial charge >= 0.3 is 0 Å². The van der Waals surface area contributed by atoms with Crippen molar-refractivity contribution in [3.05, 3.63) is 23.2 Å². The van der Waals surface area contributed by atoms with Crippen LogP contribution in [0.3, 0.4) is 0 Å². The molecule has 2 rings (SSSR count). The molecule has 1 aliphatic heterocycles. The monoisotopic (exact) mass is 227 g/mol. The molecule has 1 fully saturated rings. The number of ether oxygens (including phenoxy) is 2. The van der Waals surface area contributed by atoms with Gasteiger partial charge in [-0.05, 0) is 19.1 Å². The van der Waals surface area contributed by atoms with Crippen LogP contribution in [0.1, 0.15) is 6.92 Å². The van der Waals surface area contributed by atoms with Gasteiger partial charge in [0.25, 0.3) is 0 Å². The van der Waals surface area contributed by atoms with E-state index in [0.29, 0.717) is 10.8 Å². The highest BCUT2D eigenvalue weighted by Crippen LogP contribution is 2.31. The SMILES string of the molecule is COc1cc(OC2(C)CNC2)ccc1Cl. The van der Waals surface area contributed by atoms with E-state index in [1.807, 2.05) is 12.1 Å². The molecule has 0 atom stereocenters. The number of benzene rings is 1. The van der Waals surface area contributed by atoms with Gasteiger partial charge in [0.1, 0.15) is 17.1 Å². The van der Waals surface area contributed by atoms with Gasteiger partial charge in [0.15, 0.2) is 0 Å². The van der Waals surface area contributed by atoms with Gasteiger partial charge < -0.3 is 14.8 Å². The minimum absolute atomic E-state index is 0.0984. The molecule has 0 aromatic heterocycles. The van der Waals surface area contributed by atoms with Crippen LogP contribution in [-0.4, -0.2) is 25.8 Å². The van der Waals surface area contributed by atoms with Crippen molar-refractivity contribution in [2.75, 3.05) is 20.2 Å². The first-order chi connectivity index (χ1) is 7.13. The van der Waals surface area contributed by atoms with Gasteiger partial charge in [-0.15, -0.1) is 0 Å². The molecule has 1 aromatic carbocycles. The molecular formula is C11H14ClNO2.